The Bertz CT molecular complexity index is 588. The minimum absolute atomic E-state index is 0.272. The van der Waals surface area contributed by atoms with Crippen molar-refractivity contribution in [1.82, 2.24) is 0 Å². The third kappa shape index (κ3) is 15.7. The average Bonchev–Trinajstić information content (AvgIpc) is 2.71. The van der Waals surface area contributed by atoms with Gasteiger partial charge in [0.15, 0.2) is 0 Å². The molecule has 0 fully saturated rings. The molecule has 5 heteroatoms. The highest BCUT2D eigenvalue weighted by molar-refractivity contribution is 7.47. The first-order valence-corrected chi connectivity index (χ1v) is 14.0. The van der Waals surface area contributed by atoms with Crippen molar-refractivity contribution in [2.75, 3.05) is 6.61 Å². The maximum Gasteiger partial charge on any atom is 0.472 e. The quantitative estimate of drug-likeness (QED) is 0.167. The first kappa shape index (κ1) is 28.4. The third-order valence-electron chi connectivity index (χ3n) is 5.61. The molecule has 0 aliphatic carbocycles. The Kier molecular flexibility index (Phi) is 15.5. The van der Waals surface area contributed by atoms with Gasteiger partial charge in [-0.05, 0) is 30.2 Å². The van der Waals surface area contributed by atoms with Gasteiger partial charge in [0, 0.05) is 0 Å². The standard InChI is InChI=1S/C26H47O4P/c1-23(2)17-11-6-5-9-16-22-29-31(27,28)30-26(25-19-13-10-14-20-25)21-15-8-7-12-18-24(3)4/h10,13-14,19-20,23-24,26H,5-9,11-12,15-18,21-22H2,1-4H3,(H,27,28). The van der Waals surface area contributed by atoms with Gasteiger partial charge in [0.25, 0.3) is 0 Å². The highest BCUT2D eigenvalue weighted by Gasteiger charge is 2.27. The summed E-state index contributed by atoms with van der Waals surface area (Å²) in [4.78, 5) is 10.3. The Morgan fingerprint density at radius 1 is 0.742 bits per heavy atom. The van der Waals surface area contributed by atoms with E-state index in [1.807, 2.05) is 30.3 Å². The lowest BCUT2D eigenvalue weighted by atomic mass is 10.0. The molecule has 1 rings (SSSR count). The minimum Gasteiger partial charge on any atom is -0.302 e. The van der Waals surface area contributed by atoms with E-state index in [1.165, 1.54) is 38.5 Å². The summed E-state index contributed by atoms with van der Waals surface area (Å²) in [6, 6.07) is 9.75. The normalized spacial score (nSPS) is 14.8. The van der Waals surface area contributed by atoms with Crippen molar-refractivity contribution in [1.29, 1.82) is 0 Å². The zero-order valence-corrected chi connectivity index (χ0v) is 21.3. The minimum atomic E-state index is -4.06. The van der Waals surface area contributed by atoms with Crippen molar-refractivity contribution in [3.63, 3.8) is 0 Å². The van der Waals surface area contributed by atoms with E-state index in [0.717, 1.165) is 55.9 Å². The molecule has 0 aliphatic heterocycles. The summed E-state index contributed by atoms with van der Waals surface area (Å²) in [7, 11) is -4.06. The molecule has 0 spiro atoms. The molecular formula is C26H47O4P. The van der Waals surface area contributed by atoms with Gasteiger partial charge in [0.05, 0.1) is 12.7 Å². The number of unbranched alkanes of at least 4 members (excludes halogenated alkanes) is 7. The summed E-state index contributed by atoms with van der Waals surface area (Å²) >= 11 is 0. The van der Waals surface area contributed by atoms with E-state index in [0.29, 0.717) is 0 Å². The number of rotatable bonds is 19. The molecule has 0 aromatic heterocycles. The monoisotopic (exact) mass is 454 g/mol. The topological polar surface area (TPSA) is 55.8 Å². The average molecular weight is 455 g/mol. The highest BCUT2D eigenvalue weighted by Crippen LogP contribution is 2.49. The predicted molar refractivity (Wildman–Crippen MR) is 131 cm³/mol. The number of phosphoric acid groups is 1. The van der Waals surface area contributed by atoms with Crippen LogP contribution in [-0.4, -0.2) is 11.5 Å². The van der Waals surface area contributed by atoms with E-state index < -0.39 is 13.9 Å². The van der Waals surface area contributed by atoms with Crippen LogP contribution in [0.2, 0.25) is 0 Å². The predicted octanol–water partition coefficient (Wildman–Crippen LogP) is 8.85. The van der Waals surface area contributed by atoms with Crippen molar-refractivity contribution in [2.24, 2.45) is 11.8 Å². The molecule has 0 amide bonds. The molecule has 0 bridgehead atoms. The molecule has 1 aromatic rings. The lowest BCUT2D eigenvalue weighted by Gasteiger charge is -2.21. The van der Waals surface area contributed by atoms with Gasteiger partial charge in [-0.1, -0.05) is 122 Å². The Morgan fingerprint density at radius 3 is 1.77 bits per heavy atom. The van der Waals surface area contributed by atoms with Gasteiger partial charge in [-0.15, -0.1) is 0 Å². The summed E-state index contributed by atoms with van der Waals surface area (Å²) in [5, 5.41) is 0. The number of hydrogen-bond donors (Lipinski definition) is 1. The maximum absolute atomic E-state index is 12.5. The molecule has 0 saturated heterocycles. The van der Waals surface area contributed by atoms with Crippen molar-refractivity contribution >= 4 is 7.82 Å². The van der Waals surface area contributed by atoms with Gasteiger partial charge in [0.1, 0.15) is 0 Å². The number of phosphoric ester groups is 1. The first-order valence-electron chi connectivity index (χ1n) is 12.5. The van der Waals surface area contributed by atoms with Crippen molar-refractivity contribution in [2.45, 2.75) is 111 Å². The summed E-state index contributed by atoms with van der Waals surface area (Å²) in [5.41, 5.74) is 0.938. The fraction of sp³-hybridized carbons (Fsp3) is 0.769. The van der Waals surface area contributed by atoms with Gasteiger partial charge in [0.2, 0.25) is 0 Å². The van der Waals surface area contributed by atoms with Crippen LogP contribution in [0.25, 0.3) is 0 Å². The second kappa shape index (κ2) is 16.9. The Balaban J connectivity index is 2.36. The highest BCUT2D eigenvalue weighted by atomic mass is 31.2. The molecule has 1 N–H and O–H groups in total. The molecule has 31 heavy (non-hydrogen) atoms. The Labute approximate surface area is 191 Å². The Hall–Kier alpha value is -0.670. The Morgan fingerprint density at radius 2 is 1.23 bits per heavy atom. The van der Waals surface area contributed by atoms with Crippen molar-refractivity contribution in [3.05, 3.63) is 35.9 Å². The van der Waals surface area contributed by atoms with E-state index in [9.17, 15) is 9.46 Å². The summed E-state index contributed by atoms with van der Waals surface area (Å²) < 4.78 is 23.4. The van der Waals surface area contributed by atoms with Crippen LogP contribution in [0.1, 0.15) is 116 Å². The maximum atomic E-state index is 12.5. The van der Waals surface area contributed by atoms with Gasteiger partial charge < -0.3 is 4.89 Å². The molecule has 180 valence electrons. The molecule has 0 heterocycles. The number of benzene rings is 1. The molecule has 0 saturated carbocycles. The molecule has 2 unspecified atom stereocenters. The fourth-order valence-electron chi connectivity index (χ4n) is 3.74. The molecule has 1 aromatic carbocycles. The van der Waals surface area contributed by atoms with Gasteiger partial charge in [-0.25, -0.2) is 4.57 Å². The van der Waals surface area contributed by atoms with Gasteiger partial charge in [-0.2, -0.15) is 0 Å². The number of hydrogen-bond acceptors (Lipinski definition) is 3. The smallest absolute Gasteiger partial charge is 0.302 e. The molecule has 2 atom stereocenters. The van der Waals surface area contributed by atoms with E-state index in [4.69, 9.17) is 9.05 Å². The van der Waals surface area contributed by atoms with E-state index >= 15 is 0 Å². The van der Waals surface area contributed by atoms with E-state index in [1.54, 1.807) is 0 Å². The fourth-order valence-corrected chi connectivity index (χ4v) is 4.71. The van der Waals surface area contributed by atoms with Crippen molar-refractivity contribution < 1.29 is 18.5 Å². The lowest BCUT2D eigenvalue weighted by molar-refractivity contribution is 0.0963. The second-order valence-corrected chi connectivity index (χ2v) is 11.0. The van der Waals surface area contributed by atoms with E-state index in [2.05, 4.69) is 27.7 Å². The van der Waals surface area contributed by atoms with Crippen LogP contribution in [0.4, 0.5) is 0 Å². The molecular weight excluding hydrogens is 407 g/mol. The summed E-state index contributed by atoms with van der Waals surface area (Å²) in [6.07, 6.45) is 12.8. The van der Waals surface area contributed by atoms with Crippen LogP contribution < -0.4 is 0 Å². The van der Waals surface area contributed by atoms with Gasteiger partial charge >= 0.3 is 7.82 Å². The third-order valence-corrected chi connectivity index (χ3v) is 6.64. The van der Waals surface area contributed by atoms with Crippen LogP contribution in [0.5, 0.6) is 0 Å². The van der Waals surface area contributed by atoms with Gasteiger partial charge in [-0.3, -0.25) is 9.05 Å². The zero-order chi connectivity index (χ0) is 23.0. The van der Waals surface area contributed by atoms with Crippen LogP contribution in [0, 0.1) is 11.8 Å². The van der Waals surface area contributed by atoms with Crippen molar-refractivity contribution in [3.8, 4) is 0 Å². The largest absolute Gasteiger partial charge is 0.472 e. The van der Waals surface area contributed by atoms with Crippen LogP contribution in [-0.2, 0) is 13.6 Å². The lowest BCUT2D eigenvalue weighted by Crippen LogP contribution is -2.06. The summed E-state index contributed by atoms with van der Waals surface area (Å²) in [5.74, 6) is 1.51. The van der Waals surface area contributed by atoms with E-state index in [-0.39, 0.29) is 6.61 Å². The van der Waals surface area contributed by atoms with Crippen LogP contribution >= 0.6 is 7.82 Å². The molecule has 4 nitrogen and oxygen atoms in total. The SMILES string of the molecule is CC(C)CCCCCCCOP(=O)(O)OC(CCCCCCC(C)C)c1ccccc1. The van der Waals surface area contributed by atoms with Crippen LogP contribution in [0.3, 0.4) is 0 Å². The van der Waals surface area contributed by atoms with Crippen LogP contribution in [0.15, 0.2) is 30.3 Å². The zero-order valence-electron chi connectivity index (χ0n) is 20.4. The first-order chi connectivity index (χ1) is 14.8. The molecule has 0 aliphatic rings. The summed E-state index contributed by atoms with van der Waals surface area (Å²) in [6.45, 7) is 9.29. The molecule has 0 radical (unpaired) electrons. The second-order valence-electron chi connectivity index (χ2n) is 9.64.